The number of likely N-dealkylation sites (tertiary alicyclic amines) is 1. The second-order valence-electron chi connectivity index (χ2n) is 9.40. The van der Waals surface area contributed by atoms with E-state index in [-0.39, 0.29) is 36.2 Å². The summed E-state index contributed by atoms with van der Waals surface area (Å²) in [5.41, 5.74) is 1.41. The van der Waals surface area contributed by atoms with Crippen LogP contribution in [-0.4, -0.2) is 67.2 Å². The number of halogens is 4. The molecule has 4 rings (SSSR count). The molecule has 202 valence electrons. The lowest BCUT2D eigenvalue weighted by Gasteiger charge is -2.39. The molecule has 2 fully saturated rings. The number of benzene rings is 2. The number of carbonyl (C=O) groups excluding carboxylic acids is 1. The smallest absolute Gasteiger partial charge is 0.406 e. The van der Waals surface area contributed by atoms with Gasteiger partial charge >= 0.3 is 6.36 Å². The van der Waals surface area contributed by atoms with Crippen molar-refractivity contribution >= 4 is 5.91 Å². The van der Waals surface area contributed by atoms with E-state index < -0.39 is 6.36 Å². The van der Waals surface area contributed by atoms with E-state index in [2.05, 4.69) is 9.64 Å². The summed E-state index contributed by atoms with van der Waals surface area (Å²) >= 11 is 0. The predicted octanol–water partition coefficient (Wildman–Crippen LogP) is 4.91. The first-order chi connectivity index (χ1) is 17.7. The SMILES string of the molecule is O=C(Cc1ccc(OC(F)(F)F)cc1)N(Cc1ccc(F)cc1)C1CCN(CCC2OCCCO2)CC1. The van der Waals surface area contributed by atoms with Crippen LogP contribution in [-0.2, 0) is 27.2 Å². The van der Waals surface area contributed by atoms with Crippen LogP contribution in [0.25, 0.3) is 0 Å². The van der Waals surface area contributed by atoms with Gasteiger partial charge in [-0.1, -0.05) is 24.3 Å². The number of nitrogens with zero attached hydrogens (tertiary/aromatic N) is 2. The van der Waals surface area contributed by atoms with Gasteiger partial charge < -0.3 is 24.0 Å². The zero-order valence-electron chi connectivity index (χ0n) is 20.6. The first kappa shape index (κ1) is 27.3. The van der Waals surface area contributed by atoms with Crippen molar-refractivity contribution in [1.29, 1.82) is 0 Å². The quantitative estimate of drug-likeness (QED) is 0.437. The number of hydrogen-bond acceptors (Lipinski definition) is 5. The van der Waals surface area contributed by atoms with Crippen LogP contribution in [0, 0.1) is 5.82 Å². The molecule has 2 aliphatic rings. The van der Waals surface area contributed by atoms with E-state index >= 15 is 0 Å². The van der Waals surface area contributed by atoms with Crippen molar-refractivity contribution in [2.75, 3.05) is 32.8 Å². The Morgan fingerprint density at radius 2 is 1.59 bits per heavy atom. The number of alkyl halides is 3. The van der Waals surface area contributed by atoms with Gasteiger partial charge in [0.2, 0.25) is 5.91 Å². The minimum Gasteiger partial charge on any atom is -0.406 e. The topological polar surface area (TPSA) is 51.2 Å². The van der Waals surface area contributed by atoms with Gasteiger partial charge in [0, 0.05) is 38.6 Å². The first-order valence-corrected chi connectivity index (χ1v) is 12.6. The molecule has 2 aromatic rings. The van der Waals surface area contributed by atoms with E-state index in [1.54, 1.807) is 12.1 Å². The molecular weight excluding hydrogens is 492 g/mol. The van der Waals surface area contributed by atoms with Gasteiger partial charge in [-0.05, 0) is 54.7 Å². The van der Waals surface area contributed by atoms with Crippen molar-refractivity contribution in [3.8, 4) is 5.75 Å². The van der Waals surface area contributed by atoms with Gasteiger partial charge in [0.15, 0.2) is 6.29 Å². The normalized spacial score (nSPS) is 18.1. The summed E-state index contributed by atoms with van der Waals surface area (Å²) in [4.78, 5) is 17.6. The van der Waals surface area contributed by atoms with Crippen LogP contribution in [0.5, 0.6) is 5.75 Å². The Bertz CT molecular complexity index is 987. The highest BCUT2D eigenvalue weighted by Gasteiger charge is 2.31. The van der Waals surface area contributed by atoms with Crippen molar-refractivity contribution in [1.82, 2.24) is 9.80 Å². The van der Waals surface area contributed by atoms with Crippen LogP contribution in [0.2, 0.25) is 0 Å². The van der Waals surface area contributed by atoms with E-state index in [9.17, 15) is 22.4 Å². The third kappa shape index (κ3) is 8.69. The number of piperidine rings is 1. The van der Waals surface area contributed by atoms with Gasteiger partial charge in [-0.3, -0.25) is 4.79 Å². The van der Waals surface area contributed by atoms with Crippen LogP contribution in [0.1, 0.15) is 36.8 Å². The van der Waals surface area contributed by atoms with Crippen molar-refractivity contribution in [3.05, 3.63) is 65.5 Å². The first-order valence-electron chi connectivity index (χ1n) is 12.6. The highest BCUT2D eigenvalue weighted by atomic mass is 19.4. The van der Waals surface area contributed by atoms with Gasteiger partial charge in [0.25, 0.3) is 0 Å². The highest BCUT2D eigenvalue weighted by molar-refractivity contribution is 5.79. The summed E-state index contributed by atoms with van der Waals surface area (Å²) in [5.74, 6) is -0.804. The molecule has 2 heterocycles. The van der Waals surface area contributed by atoms with Crippen LogP contribution >= 0.6 is 0 Å². The lowest BCUT2D eigenvalue weighted by Crippen LogP contribution is -2.48. The van der Waals surface area contributed by atoms with E-state index in [0.29, 0.717) is 12.1 Å². The summed E-state index contributed by atoms with van der Waals surface area (Å²) in [6, 6.07) is 11.4. The Morgan fingerprint density at radius 3 is 2.22 bits per heavy atom. The molecular formula is C27H32F4N2O4. The van der Waals surface area contributed by atoms with Gasteiger partial charge in [-0.15, -0.1) is 13.2 Å². The fraction of sp³-hybridized carbons (Fsp3) is 0.519. The number of amides is 1. The molecule has 0 bridgehead atoms. The zero-order chi connectivity index (χ0) is 26.3. The molecule has 2 aromatic carbocycles. The molecule has 6 nitrogen and oxygen atoms in total. The number of ether oxygens (including phenoxy) is 3. The molecule has 0 saturated carbocycles. The van der Waals surface area contributed by atoms with Gasteiger partial charge in [-0.2, -0.15) is 0 Å². The molecule has 1 amide bonds. The van der Waals surface area contributed by atoms with Gasteiger partial charge in [0.05, 0.1) is 19.6 Å². The number of rotatable bonds is 9. The lowest BCUT2D eigenvalue weighted by atomic mass is 10.0. The van der Waals surface area contributed by atoms with Gasteiger partial charge in [-0.25, -0.2) is 4.39 Å². The predicted molar refractivity (Wildman–Crippen MR) is 128 cm³/mol. The van der Waals surface area contributed by atoms with E-state index in [1.165, 1.54) is 36.4 Å². The third-order valence-electron chi connectivity index (χ3n) is 6.67. The summed E-state index contributed by atoms with van der Waals surface area (Å²) < 4.78 is 65.9. The fourth-order valence-corrected chi connectivity index (χ4v) is 4.74. The fourth-order valence-electron chi connectivity index (χ4n) is 4.74. The molecule has 2 saturated heterocycles. The minimum absolute atomic E-state index is 0.00354. The molecule has 2 aliphatic heterocycles. The second-order valence-corrected chi connectivity index (χ2v) is 9.40. The average Bonchev–Trinajstić information content (AvgIpc) is 2.88. The standard InChI is InChI=1S/C27H32F4N2O4/c28-22-6-2-21(3-7-22)19-33(25(34)18-20-4-8-24(9-5-20)37-27(29,30)31)23-10-13-32(14-11-23)15-12-26-35-16-1-17-36-26/h2-9,23,26H,1,10-19H2. The van der Waals surface area contributed by atoms with Crippen LogP contribution in [0.4, 0.5) is 17.6 Å². The van der Waals surface area contributed by atoms with Gasteiger partial charge in [0.1, 0.15) is 11.6 Å². The number of carbonyl (C=O) groups is 1. The molecule has 0 spiro atoms. The largest absolute Gasteiger partial charge is 0.573 e. The molecule has 10 heteroatoms. The van der Waals surface area contributed by atoms with Crippen molar-refractivity contribution in [3.63, 3.8) is 0 Å². The van der Waals surface area contributed by atoms with Crippen molar-refractivity contribution < 1.29 is 36.6 Å². The Balaban J connectivity index is 1.37. The minimum atomic E-state index is -4.77. The maximum Gasteiger partial charge on any atom is 0.573 e. The molecule has 0 aliphatic carbocycles. The second kappa shape index (κ2) is 12.7. The van der Waals surface area contributed by atoms with E-state index in [0.717, 1.165) is 64.1 Å². The van der Waals surface area contributed by atoms with Crippen molar-refractivity contribution in [2.45, 2.75) is 57.3 Å². The monoisotopic (exact) mass is 524 g/mol. The van der Waals surface area contributed by atoms with Crippen LogP contribution in [0.15, 0.2) is 48.5 Å². The molecule has 0 atom stereocenters. The van der Waals surface area contributed by atoms with Crippen LogP contribution in [0.3, 0.4) is 0 Å². The Labute approximate surface area is 214 Å². The molecule has 0 aromatic heterocycles. The van der Waals surface area contributed by atoms with E-state index in [4.69, 9.17) is 9.47 Å². The molecule has 0 radical (unpaired) electrons. The summed E-state index contributed by atoms with van der Waals surface area (Å²) in [6.45, 7) is 4.30. The Morgan fingerprint density at radius 1 is 0.973 bits per heavy atom. The maximum atomic E-state index is 13.4. The van der Waals surface area contributed by atoms with Crippen molar-refractivity contribution in [2.24, 2.45) is 0 Å². The summed E-state index contributed by atoms with van der Waals surface area (Å²) in [7, 11) is 0. The third-order valence-corrected chi connectivity index (χ3v) is 6.67. The highest BCUT2D eigenvalue weighted by Crippen LogP contribution is 2.25. The summed E-state index contributed by atoms with van der Waals surface area (Å²) in [6.07, 6.45) is -1.58. The Kier molecular flexibility index (Phi) is 9.39. The Hall–Kier alpha value is -2.69. The molecule has 37 heavy (non-hydrogen) atoms. The van der Waals surface area contributed by atoms with E-state index in [1.807, 2.05) is 4.90 Å². The van der Waals surface area contributed by atoms with Crippen LogP contribution < -0.4 is 4.74 Å². The summed E-state index contributed by atoms with van der Waals surface area (Å²) in [5, 5.41) is 0. The lowest BCUT2D eigenvalue weighted by molar-refractivity contribution is -0.274. The maximum absolute atomic E-state index is 13.4. The number of hydrogen-bond donors (Lipinski definition) is 0. The molecule has 0 unspecified atom stereocenters. The molecule has 0 N–H and O–H groups in total. The average molecular weight is 525 g/mol. The zero-order valence-corrected chi connectivity index (χ0v) is 20.6.